The van der Waals surface area contributed by atoms with E-state index in [1.165, 1.54) is 6.07 Å². The second-order valence-corrected chi connectivity index (χ2v) is 4.36. The number of carbonyl (C=O) groups is 1. The fraction of sp³-hybridized carbons (Fsp3) is 0.200. The Morgan fingerprint density at radius 1 is 1.44 bits per heavy atom. The molecule has 0 fully saturated rings. The van der Waals surface area contributed by atoms with Crippen LogP contribution in [0, 0.1) is 0 Å². The minimum atomic E-state index is -1.26. The van der Waals surface area contributed by atoms with Crippen LogP contribution in [0.2, 0.25) is 10.0 Å². The number of hydrogen-bond acceptors (Lipinski definition) is 3. The van der Waals surface area contributed by atoms with Crippen LogP contribution in [0.3, 0.4) is 0 Å². The van der Waals surface area contributed by atoms with E-state index in [4.69, 9.17) is 33.7 Å². The maximum Gasteiger partial charge on any atom is 0.298 e. The minimum absolute atomic E-state index is 0.154. The molecule has 0 spiro atoms. The van der Waals surface area contributed by atoms with Crippen LogP contribution in [-0.2, 0) is 15.1 Å². The van der Waals surface area contributed by atoms with Gasteiger partial charge in [0.2, 0.25) is 5.60 Å². The van der Waals surface area contributed by atoms with Crippen molar-refractivity contribution in [3.63, 3.8) is 0 Å². The summed E-state index contributed by atoms with van der Waals surface area (Å²) in [5.74, 6) is -0.478. The Morgan fingerprint density at radius 2 is 2.12 bits per heavy atom. The summed E-state index contributed by atoms with van der Waals surface area (Å²) in [4.78, 5) is 15.2. The third-order valence-corrected chi connectivity index (χ3v) is 2.92. The molecule has 1 aliphatic heterocycles. The zero-order valence-electron chi connectivity index (χ0n) is 8.33. The monoisotopic (exact) mass is 258 g/mol. The Morgan fingerprint density at radius 3 is 2.62 bits per heavy atom. The average Bonchev–Trinajstić information content (AvgIpc) is 2.40. The van der Waals surface area contributed by atoms with E-state index in [1.54, 1.807) is 19.1 Å². The first-order valence-corrected chi connectivity index (χ1v) is 5.22. The van der Waals surface area contributed by atoms with Crippen molar-refractivity contribution in [2.45, 2.75) is 12.5 Å². The second kappa shape index (κ2) is 3.64. The van der Waals surface area contributed by atoms with Crippen molar-refractivity contribution in [1.82, 2.24) is 0 Å². The minimum Gasteiger partial charge on any atom is -0.444 e. The van der Waals surface area contributed by atoms with Crippen LogP contribution < -0.4 is 5.73 Å². The molecule has 1 aromatic carbocycles. The van der Waals surface area contributed by atoms with Gasteiger partial charge in [0.25, 0.3) is 11.9 Å². The highest BCUT2D eigenvalue weighted by atomic mass is 35.5. The Balaban J connectivity index is 2.49. The van der Waals surface area contributed by atoms with Gasteiger partial charge in [-0.15, -0.1) is 0 Å². The second-order valence-electron chi connectivity index (χ2n) is 3.51. The number of amides is 1. The highest BCUT2D eigenvalue weighted by Crippen LogP contribution is 2.36. The van der Waals surface area contributed by atoms with Crippen LogP contribution in [0.15, 0.2) is 23.2 Å². The predicted octanol–water partition coefficient (Wildman–Crippen LogP) is 2.08. The van der Waals surface area contributed by atoms with Crippen molar-refractivity contribution in [3.8, 4) is 0 Å². The number of carbonyl (C=O) groups excluding carboxylic acids is 1. The summed E-state index contributed by atoms with van der Waals surface area (Å²) in [5.41, 5.74) is 4.59. The highest BCUT2D eigenvalue weighted by molar-refractivity contribution is 6.35. The van der Waals surface area contributed by atoms with Gasteiger partial charge in [0, 0.05) is 15.6 Å². The quantitative estimate of drug-likeness (QED) is 0.839. The molecule has 1 aromatic rings. The summed E-state index contributed by atoms with van der Waals surface area (Å²) in [6.07, 6.45) is 0. The average molecular weight is 259 g/mol. The van der Waals surface area contributed by atoms with Gasteiger partial charge in [-0.1, -0.05) is 29.3 Å². The SMILES string of the molecule is CC1(c2ccc(Cl)cc2Cl)OC(N)=NC1=O. The van der Waals surface area contributed by atoms with Gasteiger partial charge >= 0.3 is 0 Å². The topological polar surface area (TPSA) is 64.7 Å². The van der Waals surface area contributed by atoms with Crippen molar-refractivity contribution < 1.29 is 9.53 Å². The van der Waals surface area contributed by atoms with E-state index in [0.29, 0.717) is 15.6 Å². The van der Waals surface area contributed by atoms with Gasteiger partial charge in [-0.25, -0.2) is 0 Å². The maximum absolute atomic E-state index is 11.7. The van der Waals surface area contributed by atoms with Gasteiger partial charge in [-0.3, -0.25) is 4.79 Å². The lowest BCUT2D eigenvalue weighted by atomic mass is 9.95. The van der Waals surface area contributed by atoms with Gasteiger partial charge < -0.3 is 10.5 Å². The van der Waals surface area contributed by atoms with Gasteiger partial charge in [0.05, 0.1) is 0 Å². The van der Waals surface area contributed by atoms with Gasteiger partial charge in [0.15, 0.2) is 0 Å². The summed E-state index contributed by atoms with van der Waals surface area (Å²) in [7, 11) is 0. The van der Waals surface area contributed by atoms with Crippen molar-refractivity contribution in [2.75, 3.05) is 0 Å². The smallest absolute Gasteiger partial charge is 0.298 e. The van der Waals surface area contributed by atoms with Crippen LogP contribution >= 0.6 is 23.2 Å². The fourth-order valence-corrected chi connectivity index (χ4v) is 2.12. The number of nitrogens with zero attached hydrogens (tertiary/aromatic N) is 1. The normalized spacial score (nSPS) is 24.2. The van der Waals surface area contributed by atoms with Crippen molar-refractivity contribution in [3.05, 3.63) is 33.8 Å². The molecule has 1 amide bonds. The molecule has 1 atom stereocenters. The number of benzene rings is 1. The first-order valence-electron chi connectivity index (χ1n) is 4.46. The van der Waals surface area contributed by atoms with Crippen LogP contribution in [0.4, 0.5) is 0 Å². The van der Waals surface area contributed by atoms with E-state index in [9.17, 15) is 4.79 Å². The third kappa shape index (κ3) is 1.64. The zero-order valence-corrected chi connectivity index (χ0v) is 9.84. The summed E-state index contributed by atoms with van der Waals surface area (Å²) in [6, 6.07) is 4.63. The number of halogens is 2. The number of rotatable bonds is 1. The molecular formula is C10H8Cl2N2O2. The molecule has 4 nitrogen and oxygen atoms in total. The van der Waals surface area contributed by atoms with E-state index >= 15 is 0 Å². The number of amidine groups is 1. The summed E-state index contributed by atoms with van der Waals surface area (Å²) in [5, 5.41) is 0.824. The van der Waals surface area contributed by atoms with Crippen molar-refractivity contribution >= 4 is 35.1 Å². The Labute approximate surface area is 102 Å². The van der Waals surface area contributed by atoms with E-state index in [2.05, 4.69) is 4.99 Å². The van der Waals surface area contributed by atoms with Crippen molar-refractivity contribution in [2.24, 2.45) is 10.7 Å². The van der Waals surface area contributed by atoms with Gasteiger partial charge in [-0.05, 0) is 19.1 Å². The third-order valence-electron chi connectivity index (χ3n) is 2.37. The standard InChI is InChI=1S/C10H8Cl2N2O2/c1-10(8(15)14-9(13)16-10)6-3-2-5(11)4-7(6)12/h2-4H,1H3,(H2,13,14,15). The molecule has 84 valence electrons. The molecule has 1 unspecified atom stereocenters. The van der Waals surface area contributed by atoms with Gasteiger partial charge in [0.1, 0.15) is 0 Å². The lowest BCUT2D eigenvalue weighted by molar-refractivity contribution is -0.130. The lowest BCUT2D eigenvalue weighted by Gasteiger charge is -2.22. The molecule has 2 rings (SSSR count). The molecule has 0 bridgehead atoms. The Hall–Kier alpha value is -1.26. The Kier molecular flexibility index (Phi) is 2.56. The number of aliphatic imine (C=N–C) groups is 1. The van der Waals surface area contributed by atoms with Crippen LogP contribution in [0.1, 0.15) is 12.5 Å². The molecule has 16 heavy (non-hydrogen) atoms. The predicted molar refractivity (Wildman–Crippen MR) is 61.5 cm³/mol. The summed E-state index contributed by atoms with van der Waals surface area (Å²) < 4.78 is 5.22. The molecule has 0 saturated carbocycles. The number of ether oxygens (including phenoxy) is 1. The number of hydrogen-bond donors (Lipinski definition) is 1. The largest absolute Gasteiger partial charge is 0.444 e. The molecular weight excluding hydrogens is 251 g/mol. The van der Waals surface area contributed by atoms with Crippen molar-refractivity contribution in [1.29, 1.82) is 0 Å². The molecule has 0 aromatic heterocycles. The molecule has 1 heterocycles. The van der Waals surface area contributed by atoms with Crippen LogP contribution in [-0.4, -0.2) is 11.9 Å². The maximum atomic E-state index is 11.7. The molecule has 0 aliphatic carbocycles. The first-order chi connectivity index (χ1) is 7.43. The first kappa shape index (κ1) is 11.2. The molecule has 2 N–H and O–H groups in total. The summed E-state index contributed by atoms with van der Waals surface area (Å²) >= 11 is 11.8. The Bertz CT molecular complexity index is 502. The van der Waals surface area contributed by atoms with E-state index in [0.717, 1.165) is 0 Å². The van der Waals surface area contributed by atoms with E-state index < -0.39 is 11.5 Å². The summed E-state index contributed by atoms with van der Waals surface area (Å²) in [6.45, 7) is 1.56. The van der Waals surface area contributed by atoms with E-state index in [1.807, 2.05) is 0 Å². The molecule has 1 aliphatic rings. The zero-order chi connectivity index (χ0) is 11.9. The fourth-order valence-electron chi connectivity index (χ4n) is 1.53. The molecule has 6 heteroatoms. The van der Waals surface area contributed by atoms with Crippen LogP contribution in [0.25, 0.3) is 0 Å². The lowest BCUT2D eigenvalue weighted by Crippen LogP contribution is -2.32. The van der Waals surface area contributed by atoms with Crippen LogP contribution in [0.5, 0.6) is 0 Å². The highest BCUT2D eigenvalue weighted by Gasteiger charge is 2.44. The molecule has 0 radical (unpaired) electrons. The van der Waals surface area contributed by atoms with Gasteiger partial charge in [-0.2, -0.15) is 4.99 Å². The number of nitrogens with two attached hydrogens (primary N) is 1. The van der Waals surface area contributed by atoms with E-state index in [-0.39, 0.29) is 6.02 Å². The molecule has 0 saturated heterocycles.